The third-order valence-corrected chi connectivity index (χ3v) is 6.80. The van der Waals surface area contributed by atoms with Crippen LogP contribution in [0.2, 0.25) is 0 Å². The number of amides is 1. The van der Waals surface area contributed by atoms with Crippen LogP contribution in [-0.4, -0.2) is 23.5 Å². The number of nitrogens with one attached hydrogen (secondary N) is 1. The number of rotatable bonds is 8. The van der Waals surface area contributed by atoms with Gasteiger partial charge >= 0.3 is 5.97 Å². The lowest BCUT2D eigenvalue weighted by Crippen LogP contribution is -2.31. The molecule has 0 unspecified atom stereocenters. The van der Waals surface area contributed by atoms with Crippen LogP contribution < -0.4 is 5.32 Å². The van der Waals surface area contributed by atoms with Crippen molar-refractivity contribution in [1.29, 1.82) is 0 Å². The molecule has 1 N–H and O–H groups in total. The van der Waals surface area contributed by atoms with E-state index >= 15 is 0 Å². The molecule has 1 atom stereocenters. The average Bonchev–Trinajstić information content (AvgIpc) is 3.49. The average molecular weight is 463 g/mol. The summed E-state index contributed by atoms with van der Waals surface area (Å²) >= 11 is 3.05. The molecule has 0 aliphatic rings. The summed E-state index contributed by atoms with van der Waals surface area (Å²) in [4.78, 5) is 31.4. The van der Waals surface area contributed by atoms with Crippen LogP contribution >= 0.6 is 22.7 Å². The molecule has 0 spiro atoms. The molecule has 0 saturated heterocycles. The quantitative estimate of drug-likeness (QED) is 0.351. The highest BCUT2D eigenvalue weighted by atomic mass is 32.1. The van der Waals surface area contributed by atoms with E-state index in [1.807, 2.05) is 85.1 Å². The van der Waals surface area contributed by atoms with Gasteiger partial charge in [-0.3, -0.25) is 9.59 Å². The number of aromatic nitrogens is 1. The maximum absolute atomic E-state index is 12.5. The highest BCUT2D eigenvalue weighted by Crippen LogP contribution is 2.36. The normalized spacial score (nSPS) is 11.7. The van der Waals surface area contributed by atoms with Gasteiger partial charge in [0.2, 0.25) is 0 Å². The first-order valence-electron chi connectivity index (χ1n) is 10.2. The van der Waals surface area contributed by atoms with E-state index < -0.39 is 5.97 Å². The Balaban J connectivity index is 1.40. The molecule has 32 heavy (non-hydrogen) atoms. The van der Waals surface area contributed by atoms with Crippen molar-refractivity contribution in [1.82, 2.24) is 10.3 Å². The predicted octanol–water partition coefficient (Wildman–Crippen LogP) is 5.50. The van der Waals surface area contributed by atoms with Gasteiger partial charge in [-0.1, -0.05) is 66.7 Å². The van der Waals surface area contributed by atoms with Crippen molar-refractivity contribution in [3.05, 3.63) is 88.6 Å². The number of ether oxygens (including phenoxy) is 1. The highest BCUT2D eigenvalue weighted by molar-refractivity contribution is 7.17. The number of thiazole rings is 1. The smallest absolute Gasteiger partial charge is 0.311 e. The van der Waals surface area contributed by atoms with E-state index in [4.69, 9.17) is 9.72 Å². The van der Waals surface area contributed by atoms with Gasteiger partial charge in [-0.2, -0.15) is 0 Å². The minimum absolute atomic E-state index is 0.0687. The maximum Gasteiger partial charge on any atom is 0.311 e. The Morgan fingerprint density at radius 1 is 1.00 bits per heavy atom. The molecule has 2 aromatic carbocycles. The zero-order valence-corrected chi connectivity index (χ0v) is 19.1. The third kappa shape index (κ3) is 5.49. The first-order valence-corrected chi connectivity index (χ1v) is 11.9. The van der Waals surface area contributed by atoms with E-state index in [1.54, 1.807) is 11.3 Å². The Hall–Kier alpha value is -3.29. The zero-order chi connectivity index (χ0) is 22.3. The lowest BCUT2D eigenvalue weighted by molar-refractivity contribution is -0.148. The summed E-state index contributed by atoms with van der Waals surface area (Å²) < 4.78 is 5.26. The molecule has 162 valence electrons. The number of thiophene rings is 1. The fraction of sp³-hybridized carbons (Fsp3) is 0.160. The number of hydrogen-bond donors (Lipinski definition) is 1. The summed E-state index contributed by atoms with van der Waals surface area (Å²) in [7, 11) is 0. The monoisotopic (exact) mass is 462 g/mol. The van der Waals surface area contributed by atoms with Crippen LogP contribution in [0.25, 0.3) is 21.1 Å². The molecule has 0 aliphatic heterocycles. The molecular weight excluding hydrogens is 440 g/mol. The minimum atomic E-state index is -0.450. The van der Waals surface area contributed by atoms with E-state index in [2.05, 4.69) is 5.32 Å². The first kappa shape index (κ1) is 21.9. The molecule has 5 nitrogen and oxygen atoms in total. The largest absolute Gasteiger partial charge is 0.455 e. The number of carbonyl (C=O) groups excluding carboxylic acids is 2. The lowest BCUT2D eigenvalue weighted by Gasteiger charge is -2.14. The van der Waals surface area contributed by atoms with Crippen LogP contribution in [0.4, 0.5) is 0 Å². The van der Waals surface area contributed by atoms with E-state index in [0.717, 1.165) is 31.6 Å². The van der Waals surface area contributed by atoms with Crippen LogP contribution in [0.3, 0.4) is 0 Å². The van der Waals surface area contributed by atoms with Gasteiger partial charge in [-0.15, -0.1) is 22.7 Å². The summed E-state index contributed by atoms with van der Waals surface area (Å²) in [5, 5.41) is 5.69. The topological polar surface area (TPSA) is 68.3 Å². The highest BCUT2D eigenvalue weighted by Gasteiger charge is 2.19. The van der Waals surface area contributed by atoms with Gasteiger partial charge in [0.05, 0.1) is 23.0 Å². The SMILES string of the molecule is C[C@H](NC(=O)COC(=O)Cc1sc(-c2ccccc2)nc1-c1cccs1)c1ccccc1. The molecule has 0 saturated carbocycles. The molecule has 4 aromatic rings. The van der Waals surface area contributed by atoms with E-state index in [1.165, 1.54) is 11.3 Å². The maximum atomic E-state index is 12.5. The molecule has 2 heterocycles. The van der Waals surface area contributed by atoms with Gasteiger partial charge < -0.3 is 10.1 Å². The number of esters is 1. The number of hydrogen-bond acceptors (Lipinski definition) is 6. The molecular formula is C25H22N2O3S2. The van der Waals surface area contributed by atoms with Crippen molar-refractivity contribution in [2.24, 2.45) is 0 Å². The lowest BCUT2D eigenvalue weighted by atomic mass is 10.1. The Kier molecular flexibility index (Phi) is 7.09. The van der Waals surface area contributed by atoms with Crippen LogP contribution in [0.15, 0.2) is 78.2 Å². The second kappa shape index (κ2) is 10.3. The molecule has 7 heteroatoms. The van der Waals surface area contributed by atoms with Gasteiger partial charge in [0.1, 0.15) is 5.01 Å². The molecule has 0 bridgehead atoms. The van der Waals surface area contributed by atoms with Gasteiger partial charge in [0.25, 0.3) is 5.91 Å². The van der Waals surface area contributed by atoms with Crippen LogP contribution in [0.1, 0.15) is 23.4 Å². The van der Waals surface area contributed by atoms with Gasteiger partial charge in [0, 0.05) is 10.4 Å². The van der Waals surface area contributed by atoms with Crippen molar-refractivity contribution in [3.8, 4) is 21.1 Å². The standard InChI is InChI=1S/C25H22N2O3S2/c1-17(18-9-4-2-5-10-18)26-22(28)16-30-23(29)15-21-24(20-13-8-14-31-20)27-25(32-21)19-11-6-3-7-12-19/h2-14,17H,15-16H2,1H3,(H,26,28)/t17-/m0/s1. The van der Waals surface area contributed by atoms with Crippen LogP contribution in [-0.2, 0) is 20.7 Å². The molecule has 4 rings (SSSR count). The molecule has 1 amide bonds. The number of carbonyl (C=O) groups is 2. The van der Waals surface area contributed by atoms with Gasteiger partial charge in [-0.05, 0) is 23.9 Å². The van der Waals surface area contributed by atoms with E-state index in [0.29, 0.717) is 0 Å². The summed E-state index contributed by atoms with van der Waals surface area (Å²) in [5.74, 6) is -0.781. The summed E-state index contributed by atoms with van der Waals surface area (Å²) in [5.41, 5.74) is 2.79. The zero-order valence-electron chi connectivity index (χ0n) is 17.5. The molecule has 0 fully saturated rings. The number of benzene rings is 2. The summed E-state index contributed by atoms with van der Waals surface area (Å²) in [6.45, 7) is 1.58. The minimum Gasteiger partial charge on any atom is -0.455 e. The summed E-state index contributed by atoms with van der Waals surface area (Å²) in [6, 6.07) is 23.3. The second-order valence-electron chi connectivity index (χ2n) is 7.17. The van der Waals surface area contributed by atoms with Crippen molar-refractivity contribution in [2.75, 3.05) is 6.61 Å². The van der Waals surface area contributed by atoms with Crippen molar-refractivity contribution >= 4 is 34.6 Å². The number of nitrogens with zero attached hydrogens (tertiary/aromatic N) is 1. The van der Waals surface area contributed by atoms with E-state index in [9.17, 15) is 9.59 Å². The Morgan fingerprint density at radius 3 is 2.41 bits per heavy atom. The van der Waals surface area contributed by atoms with Gasteiger partial charge in [-0.25, -0.2) is 4.98 Å². The van der Waals surface area contributed by atoms with Crippen molar-refractivity contribution < 1.29 is 14.3 Å². The first-order chi connectivity index (χ1) is 15.6. The summed E-state index contributed by atoms with van der Waals surface area (Å²) in [6.07, 6.45) is 0.0687. The molecule has 0 aliphatic carbocycles. The second-order valence-corrected chi connectivity index (χ2v) is 9.20. The fourth-order valence-electron chi connectivity index (χ4n) is 3.22. The van der Waals surface area contributed by atoms with Crippen LogP contribution in [0, 0.1) is 0 Å². The van der Waals surface area contributed by atoms with E-state index in [-0.39, 0.29) is 25.0 Å². The Labute approximate surface area is 194 Å². The van der Waals surface area contributed by atoms with Gasteiger partial charge in [0.15, 0.2) is 6.61 Å². The Bertz CT molecular complexity index is 1170. The van der Waals surface area contributed by atoms with Crippen molar-refractivity contribution in [2.45, 2.75) is 19.4 Å². The third-order valence-electron chi connectivity index (χ3n) is 4.82. The van der Waals surface area contributed by atoms with Crippen molar-refractivity contribution in [3.63, 3.8) is 0 Å². The Morgan fingerprint density at radius 2 is 1.72 bits per heavy atom. The van der Waals surface area contributed by atoms with Crippen LogP contribution in [0.5, 0.6) is 0 Å². The molecule has 0 radical (unpaired) electrons. The molecule has 2 aromatic heterocycles. The fourth-order valence-corrected chi connectivity index (χ4v) is 5.09. The predicted molar refractivity (Wildman–Crippen MR) is 129 cm³/mol.